The molecule has 2 fully saturated rings. The molecule has 0 radical (unpaired) electrons. The van der Waals surface area contributed by atoms with E-state index < -0.39 is 6.17 Å². The molecule has 0 aromatic heterocycles. The van der Waals surface area contributed by atoms with Crippen LogP contribution in [0.3, 0.4) is 0 Å². The summed E-state index contributed by atoms with van der Waals surface area (Å²) in [6.07, 6.45) is 3.46. The average molecular weight is 345 g/mol. The summed E-state index contributed by atoms with van der Waals surface area (Å²) in [5.41, 5.74) is 3.01. The normalized spacial score (nSPS) is 24.3. The molecule has 1 aromatic carbocycles. The molecule has 3 heterocycles. The lowest BCUT2D eigenvalue weighted by Crippen LogP contribution is -2.55. The molecular weight excluding hydrogens is 317 g/mol. The zero-order valence-electron chi connectivity index (χ0n) is 14.8. The molecule has 1 aromatic rings. The van der Waals surface area contributed by atoms with Crippen LogP contribution in [0.25, 0.3) is 0 Å². The molecule has 1 spiro atoms. The van der Waals surface area contributed by atoms with E-state index in [1.165, 1.54) is 11.1 Å². The van der Waals surface area contributed by atoms with Gasteiger partial charge in [-0.2, -0.15) is 0 Å². The molecule has 1 N–H and O–H groups in total. The van der Waals surface area contributed by atoms with Crippen molar-refractivity contribution in [2.24, 2.45) is 0 Å². The first-order valence-corrected chi connectivity index (χ1v) is 9.64. The highest BCUT2D eigenvalue weighted by molar-refractivity contribution is 5.78. The number of hydrogen-bond donors (Lipinski definition) is 1. The Morgan fingerprint density at radius 2 is 1.88 bits per heavy atom. The number of nitrogens with one attached hydrogen (secondary N) is 1. The molecule has 0 aliphatic carbocycles. The number of alkyl halides is 1. The van der Waals surface area contributed by atoms with Gasteiger partial charge in [0, 0.05) is 38.3 Å². The lowest BCUT2D eigenvalue weighted by molar-refractivity contribution is -0.134. The van der Waals surface area contributed by atoms with Crippen molar-refractivity contribution in [3.8, 4) is 0 Å². The van der Waals surface area contributed by atoms with E-state index in [4.69, 9.17) is 0 Å². The molecule has 0 unspecified atom stereocenters. The monoisotopic (exact) mass is 345 g/mol. The Bertz CT molecular complexity index is 619. The second-order valence-corrected chi connectivity index (χ2v) is 7.75. The van der Waals surface area contributed by atoms with Crippen molar-refractivity contribution in [1.82, 2.24) is 15.1 Å². The number of hydrogen-bond acceptors (Lipinski definition) is 3. The fourth-order valence-corrected chi connectivity index (χ4v) is 4.66. The molecule has 25 heavy (non-hydrogen) atoms. The van der Waals surface area contributed by atoms with Crippen LogP contribution in [0, 0.1) is 0 Å². The van der Waals surface area contributed by atoms with Gasteiger partial charge in [-0.25, -0.2) is 4.39 Å². The minimum absolute atomic E-state index is 0.0843. The van der Waals surface area contributed by atoms with Crippen molar-refractivity contribution >= 4 is 5.91 Å². The van der Waals surface area contributed by atoms with E-state index in [2.05, 4.69) is 34.5 Å². The first-order chi connectivity index (χ1) is 12.2. The summed E-state index contributed by atoms with van der Waals surface area (Å²) in [4.78, 5) is 16.6. The fourth-order valence-electron chi connectivity index (χ4n) is 4.66. The highest BCUT2D eigenvalue weighted by Gasteiger charge is 2.39. The van der Waals surface area contributed by atoms with Gasteiger partial charge in [0.25, 0.3) is 0 Å². The summed E-state index contributed by atoms with van der Waals surface area (Å²) < 4.78 is 13.2. The Morgan fingerprint density at radius 1 is 1.16 bits per heavy atom. The van der Waals surface area contributed by atoms with Gasteiger partial charge in [-0.15, -0.1) is 0 Å². The van der Waals surface area contributed by atoms with Crippen LogP contribution < -0.4 is 5.32 Å². The highest BCUT2D eigenvalue weighted by Crippen LogP contribution is 2.37. The standard InChI is InChI=1S/C20H28FN3O/c21-17-6-11-24(12-7-17)19(25)15-23-13-8-20(9-14-23)18-4-2-1-3-16(18)5-10-22-20/h1-4,17,22H,5-15H2. The molecule has 5 heteroatoms. The predicted octanol–water partition coefficient (Wildman–Crippen LogP) is 2.08. The number of benzene rings is 1. The fraction of sp³-hybridized carbons (Fsp3) is 0.650. The van der Waals surface area contributed by atoms with Crippen LogP contribution >= 0.6 is 0 Å². The largest absolute Gasteiger partial charge is 0.341 e. The summed E-state index contributed by atoms with van der Waals surface area (Å²) in [6, 6.07) is 8.79. The predicted molar refractivity (Wildman–Crippen MR) is 96.2 cm³/mol. The van der Waals surface area contributed by atoms with Crippen molar-refractivity contribution in [1.29, 1.82) is 0 Å². The van der Waals surface area contributed by atoms with Gasteiger partial charge in [0.05, 0.1) is 6.54 Å². The van der Waals surface area contributed by atoms with Crippen LogP contribution in [-0.2, 0) is 16.8 Å². The summed E-state index contributed by atoms with van der Waals surface area (Å²) in [7, 11) is 0. The molecule has 2 saturated heterocycles. The number of amides is 1. The second-order valence-electron chi connectivity index (χ2n) is 7.75. The van der Waals surface area contributed by atoms with E-state index in [1.807, 2.05) is 4.90 Å². The van der Waals surface area contributed by atoms with Crippen LogP contribution in [0.5, 0.6) is 0 Å². The Morgan fingerprint density at radius 3 is 2.64 bits per heavy atom. The molecule has 1 amide bonds. The number of likely N-dealkylation sites (tertiary alicyclic amines) is 2. The lowest BCUT2D eigenvalue weighted by Gasteiger charge is -2.46. The quantitative estimate of drug-likeness (QED) is 0.891. The third-order valence-corrected chi connectivity index (χ3v) is 6.24. The Labute approximate surface area is 149 Å². The highest BCUT2D eigenvalue weighted by atomic mass is 19.1. The van der Waals surface area contributed by atoms with Gasteiger partial charge in [-0.05, 0) is 43.2 Å². The summed E-state index contributed by atoms with van der Waals surface area (Å²) in [5, 5.41) is 3.77. The van der Waals surface area contributed by atoms with Crippen molar-refractivity contribution in [2.75, 3.05) is 39.3 Å². The zero-order chi connectivity index (χ0) is 17.3. The zero-order valence-corrected chi connectivity index (χ0v) is 14.8. The molecule has 3 aliphatic rings. The Balaban J connectivity index is 1.35. The van der Waals surface area contributed by atoms with E-state index in [0.29, 0.717) is 32.5 Å². The van der Waals surface area contributed by atoms with E-state index in [9.17, 15) is 9.18 Å². The van der Waals surface area contributed by atoms with Crippen LogP contribution in [0.1, 0.15) is 36.8 Å². The molecule has 4 rings (SSSR count). The van der Waals surface area contributed by atoms with Gasteiger partial charge in [-0.1, -0.05) is 24.3 Å². The molecule has 4 nitrogen and oxygen atoms in total. The Hall–Kier alpha value is -1.46. The molecule has 0 saturated carbocycles. The van der Waals surface area contributed by atoms with Gasteiger partial charge in [0.15, 0.2) is 0 Å². The minimum atomic E-state index is -0.726. The van der Waals surface area contributed by atoms with Crippen molar-refractivity contribution < 1.29 is 9.18 Å². The number of carbonyl (C=O) groups excluding carboxylic acids is 1. The number of fused-ring (bicyclic) bond motifs is 2. The van der Waals surface area contributed by atoms with Crippen molar-refractivity contribution in [3.63, 3.8) is 0 Å². The third kappa shape index (κ3) is 3.44. The van der Waals surface area contributed by atoms with E-state index in [-0.39, 0.29) is 11.4 Å². The van der Waals surface area contributed by atoms with Crippen molar-refractivity contribution in [3.05, 3.63) is 35.4 Å². The Kier molecular flexibility index (Phi) is 4.78. The molecule has 0 atom stereocenters. The maximum Gasteiger partial charge on any atom is 0.236 e. The third-order valence-electron chi connectivity index (χ3n) is 6.24. The molecular formula is C20H28FN3O. The summed E-state index contributed by atoms with van der Waals surface area (Å²) >= 11 is 0. The minimum Gasteiger partial charge on any atom is -0.341 e. The first-order valence-electron chi connectivity index (χ1n) is 9.64. The summed E-state index contributed by atoms with van der Waals surface area (Å²) in [6.45, 7) is 4.54. The average Bonchev–Trinajstić information content (AvgIpc) is 2.65. The van der Waals surface area contributed by atoms with E-state index in [1.54, 1.807) is 0 Å². The summed E-state index contributed by atoms with van der Waals surface area (Å²) in [5.74, 6) is 0.167. The second kappa shape index (κ2) is 7.04. The molecule has 136 valence electrons. The number of rotatable bonds is 2. The number of halogens is 1. The maximum atomic E-state index is 13.2. The van der Waals surface area contributed by atoms with E-state index in [0.717, 1.165) is 38.9 Å². The molecule has 0 bridgehead atoms. The van der Waals surface area contributed by atoms with Gasteiger partial charge in [-0.3, -0.25) is 9.69 Å². The van der Waals surface area contributed by atoms with Crippen LogP contribution in [0.2, 0.25) is 0 Å². The first kappa shape index (κ1) is 17.0. The van der Waals surface area contributed by atoms with Crippen molar-refractivity contribution in [2.45, 2.75) is 43.8 Å². The van der Waals surface area contributed by atoms with Gasteiger partial charge >= 0.3 is 0 Å². The number of carbonyl (C=O) groups is 1. The lowest BCUT2D eigenvalue weighted by atomic mass is 9.76. The SMILES string of the molecule is O=C(CN1CCC2(CC1)NCCc1ccccc12)N1CCC(F)CC1. The topological polar surface area (TPSA) is 35.6 Å². The van der Waals surface area contributed by atoms with Crippen LogP contribution in [-0.4, -0.2) is 61.1 Å². The van der Waals surface area contributed by atoms with Gasteiger partial charge in [0.1, 0.15) is 6.17 Å². The van der Waals surface area contributed by atoms with Gasteiger partial charge < -0.3 is 10.2 Å². The molecule has 3 aliphatic heterocycles. The number of piperidine rings is 2. The van der Waals surface area contributed by atoms with E-state index >= 15 is 0 Å². The van der Waals surface area contributed by atoms with Crippen LogP contribution in [0.4, 0.5) is 4.39 Å². The van der Waals surface area contributed by atoms with Crippen LogP contribution in [0.15, 0.2) is 24.3 Å². The van der Waals surface area contributed by atoms with Gasteiger partial charge in [0.2, 0.25) is 5.91 Å². The smallest absolute Gasteiger partial charge is 0.236 e. The maximum absolute atomic E-state index is 13.2. The number of nitrogens with zero attached hydrogens (tertiary/aromatic N) is 2.